The van der Waals surface area contributed by atoms with Crippen molar-refractivity contribution in [2.24, 2.45) is 11.8 Å². The molecule has 1 saturated carbocycles. The van der Waals surface area contributed by atoms with Gasteiger partial charge in [0, 0.05) is 12.6 Å². The van der Waals surface area contributed by atoms with Crippen molar-refractivity contribution < 1.29 is 18.5 Å². The topological polar surface area (TPSA) is 63.7 Å². The Morgan fingerprint density at radius 1 is 1.20 bits per heavy atom. The molecule has 0 bridgehead atoms. The molecule has 3 rings (SSSR count). The molecule has 5 nitrogen and oxygen atoms in total. The smallest absolute Gasteiger partial charge is 0.309 e. The molecular weight excluding hydrogens is 362 g/mol. The zero-order valence-electron chi connectivity index (χ0n) is 13.7. The molecule has 1 heterocycles. The Bertz CT molecular complexity index is 698. The van der Waals surface area contributed by atoms with Gasteiger partial charge in [-0.2, -0.15) is 0 Å². The molecule has 1 unspecified atom stereocenters. The van der Waals surface area contributed by atoms with Crippen molar-refractivity contribution in [2.45, 2.75) is 32.3 Å². The van der Waals surface area contributed by atoms with E-state index in [1.807, 2.05) is 30.3 Å². The maximum Gasteiger partial charge on any atom is 0.309 e. The first-order valence-electron chi connectivity index (χ1n) is 8.35. The van der Waals surface area contributed by atoms with Crippen LogP contribution in [0.2, 0.25) is 0 Å². The van der Waals surface area contributed by atoms with Gasteiger partial charge in [0.15, 0.2) is 11.0 Å². The number of benzene rings is 1. The van der Waals surface area contributed by atoms with Gasteiger partial charge in [-0.1, -0.05) is 41.9 Å². The maximum absolute atomic E-state index is 12.2. The highest BCUT2D eigenvalue weighted by atomic mass is 35.5. The molecule has 0 spiro atoms. The lowest BCUT2D eigenvalue weighted by Gasteiger charge is -2.29. The van der Waals surface area contributed by atoms with Crippen LogP contribution in [0.5, 0.6) is 0 Å². The molecule has 0 aromatic heterocycles. The predicted octanol–water partition coefficient (Wildman–Crippen LogP) is 3.12. The van der Waals surface area contributed by atoms with Gasteiger partial charge in [0.2, 0.25) is 0 Å². The van der Waals surface area contributed by atoms with E-state index in [9.17, 15) is 13.8 Å². The summed E-state index contributed by atoms with van der Waals surface area (Å²) < 4.78 is 18.7. The lowest BCUT2D eigenvalue weighted by Crippen LogP contribution is -2.34. The van der Waals surface area contributed by atoms with Crippen LogP contribution in [0.25, 0.3) is 0 Å². The number of amides is 1. The standard InChI is InChI=1S/C18H20ClNO4S/c19-16-10-17(21)20(25(16)23)11-13-6-8-15(9-7-13)18(22)24-12-14-4-2-1-3-5-14/h1-5,10,13,15H,6-9,11-12H2. The molecule has 1 aromatic carbocycles. The number of carbonyl (C=O) groups excluding carboxylic acids is 2. The number of esters is 1. The molecule has 1 aliphatic carbocycles. The van der Waals surface area contributed by atoms with Crippen LogP contribution in [0, 0.1) is 11.8 Å². The fourth-order valence-corrected chi connectivity index (χ4v) is 4.54. The zero-order valence-corrected chi connectivity index (χ0v) is 15.3. The Morgan fingerprint density at radius 3 is 2.48 bits per heavy atom. The molecule has 1 aromatic rings. The van der Waals surface area contributed by atoms with Gasteiger partial charge in [0.1, 0.15) is 11.0 Å². The maximum atomic E-state index is 12.2. The molecule has 1 fully saturated rings. The number of halogens is 1. The zero-order chi connectivity index (χ0) is 17.8. The summed E-state index contributed by atoms with van der Waals surface area (Å²) in [4.78, 5) is 24.0. The molecule has 1 amide bonds. The first-order valence-corrected chi connectivity index (χ1v) is 9.84. The van der Waals surface area contributed by atoms with Gasteiger partial charge >= 0.3 is 5.97 Å². The molecule has 2 aliphatic rings. The Kier molecular flexibility index (Phi) is 5.91. The van der Waals surface area contributed by atoms with Crippen LogP contribution >= 0.6 is 11.6 Å². The predicted molar refractivity (Wildman–Crippen MR) is 95.5 cm³/mol. The van der Waals surface area contributed by atoms with Gasteiger partial charge in [-0.15, -0.1) is 0 Å². The van der Waals surface area contributed by atoms with Crippen molar-refractivity contribution in [1.82, 2.24) is 4.31 Å². The Labute approximate surface area is 154 Å². The summed E-state index contributed by atoms with van der Waals surface area (Å²) in [5, 5.41) is 0. The number of rotatable bonds is 5. The quantitative estimate of drug-likeness (QED) is 0.735. The second kappa shape index (κ2) is 8.15. The van der Waals surface area contributed by atoms with Gasteiger partial charge in [-0.05, 0) is 37.2 Å². The highest BCUT2D eigenvalue weighted by molar-refractivity contribution is 7.89. The van der Waals surface area contributed by atoms with Crippen LogP contribution in [0.4, 0.5) is 0 Å². The van der Waals surface area contributed by atoms with Crippen LogP contribution < -0.4 is 0 Å². The van der Waals surface area contributed by atoms with Crippen LogP contribution in [0.15, 0.2) is 40.8 Å². The lowest BCUT2D eigenvalue weighted by molar-refractivity contribution is -0.151. The molecule has 7 heteroatoms. The van der Waals surface area contributed by atoms with Crippen molar-refractivity contribution in [3.8, 4) is 0 Å². The largest absolute Gasteiger partial charge is 0.461 e. The highest BCUT2D eigenvalue weighted by Gasteiger charge is 2.33. The van der Waals surface area contributed by atoms with E-state index >= 15 is 0 Å². The molecule has 1 aliphatic heterocycles. The van der Waals surface area contributed by atoms with Gasteiger partial charge in [0.25, 0.3) is 5.91 Å². The summed E-state index contributed by atoms with van der Waals surface area (Å²) in [7, 11) is -1.56. The molecule has 1 atom stereocenters. The summed E-state index contributed by atoms with van der Waals surface area (Å²) in [6.45, 7) is 0.717. The van der Waals surface area contributed by atoms with E-state index in [1.165, 1.54) is 10.4 Å². The van der Waals surface area contributed by atoms with E-state index < -0.39 is 11.0 Å². The van der Waals surface area contributed by atoms with Crippen molar-refractivity contribution in [2.75, 3.05) is 6.54 Å². The minimum absolute atomic E-state index is 0.0863. The molecular formula is C18H20ClNO4S. The fourth-order valence-electron chi connectivity index (χ4n) is 3.23. The Balaban J connectivity index is 1.43. The second-order valence-electron chi connectivity index (χ2n) is 6.41. The van der Waals surface area contributed by atoms with Crippen LogP contribution in [0.1, 0.15) is 31.2 Å². The van der Waals surface area contributed by atoms with Crippen molar-refractivity contribution in [1.29, 1.82) is 0 Å². The monoisotopic (exact) mass is 381 g/mol. The minimum Gasteiger partial charge on any atom is -0.461 e. The number of hydrogen-bond acceptors (Lipinski definition) is 4. The third kappa shape index (κ3) is 4.50. The lowest BCUT2D eigenvalue weighted by atomic mass is 9.82. The van der Waals surface area contributed by atoms with Crippen LogP contribution in [-0.2, 0) is 31.9 Å². The van der Waals surface area contributed by atoms with Crippen molar-refractivity contribution >= 4 is 34.5 Å². The minimum atomic E-state index is -1.56. The third-order valence-electron chi connectivity index (χ3n) is 4.68. The Morgan fingerprint density at radius 2 is 1.88 bits per heavy atom. The van der Waals surface area contributed by atoms with Crippen LogP contribution in [-0.4, -0.2) is 26.9 Å². The SMILES string of the molecule is O=C(OCc1ccccc1)C1CCC(CN2C(=O)C=C(Cl)S2=O)CC1. The summed E-state index contributed by atoms with van der Waals surface area (Å²) in [5.41, 5.74) is 0.976. The van der Waals surface area contributed by atoms with Gasteiger partial charge < -0.3 is 4.74 Å². The molecule has 0 saturated heterocycles. The van der Waals surface area contributed by atoms with Gasteiger partial charge in [-0.25, -0.2) is 4.21 Å². The van der Waals surface area contributed by atoms with E-state index in [1.54, 1.807) is 0 Å². The summed E-state index contributed by atoms with van der Waals surface area (Å²) in [5.74, 6) is -0.316. The van der Waals surface area contributed by atoms with E-state index in [0.717, 1.165) is 31.2 Å². The normalized spacial score (nSPS) is 26.4. The van der Waals surface area contributed by atoms with Crippen LogP contribution in [0.3, 0.4) is 0 Å². The average molecular weight is 382 g/mol. The van der Waals surface area contributed by atoms with E-state index in [2.05, 4.69) is 0 Å². The third-order valence-corrected chi connectivity index (χ3v) is 6.36. The van der Waals surface area contributed by atoms with E-state index in [-0.39, 0.29) is 28.1 Å². The van der Waals surface area contributed by atoms with Gasteiger partial charge in [0.05, 0.1) is 5.92 Å². The number of ether oxygens (including phenoxy) is 1. The first kappa shape index (κ1) is 18.1. The summed E-state index contributed by atoms with van der Waals surface area (Å²) in [6, 6.07) is 9.61. The molecule has 134 valence electrons. The molecule has 0 radical (unpaired) electrons. The van der Waals surface area contributed by atoms with E-state index in [0.29, 0.717) is 13.2 Å². The molecule has 25 heavy (non-hydrogen) atoms. The van der Waals surface area contributed by atoms with E-state index in [4.69, 9.17) is 16.3 Å². The van der Waals surface area contributed by atoms with Crippen molar-refractivity contribution in [3.05, 3.63) is 46.3 Å². The molecule has 0 N–H and O–H groups in total. The summed E-state index contributed by atoms with van der Waals surface area (Å²) >= 11 is 5.76. The van der Waals surface area contributed by atoms with Crippen molar-refractivity contribution in [3.63, 3.8) is 0 Å². The highest BCUT2D eigenvalue weighted by Crippen LogP contribution is 2.32. The number of nitrogens with zero attached hydrogens (tertiary/aromatic N) is 1. The second-order valence-corrected chi connectivity index (χ2v) is 8.42. The van der Waals surface area contributed by atoms with Gasteiger partial charge in [-0.3, -0.25) is 13.9 Å². The fraction of sp³-hybridized carbons (Fsp3) is 0.444. The number of hydrogen-bond donors (Lipinski definition) is 0. The number of carbonyl (C=O) groups is 2. The average Bonchev–Trinajstić information content (AvgIpc) is 2.87. The Hall–Kier alpha value is -1.66. The summed E-state index contributed by atoms with van der Waals surface area (Å²) in [6.07, 6.45) is 4.29. The first-order chi connectivity index (χ1) is 12.0.